The lowest BCUT2D eigenvalue weighted by atomic mass is 10.2. The minimum Gasteiger partial charge on any atom is -0.354 e. The number of halogens is 1. The molecule has 0 saturated heterocycles. The SMILES string of the molecule is CC(C)CNc1nc(Cl)nc(-n2cncn2)n1. The number of aromatic nitrogens is 6. The maximum Gasteiger partial charge on any atom is 0.258 e. The zero-order valence-electron chi connectivity index (χ0n) is 9.50. The monoisotopic (exact) mass is 253 g/mol. The lowest BCUT2D eigenvalue weighted by Gasteiger charge is -2.08. The van der Waals surface area contributed by atoms with Gasteiger partial charge in [-0.3, -0.25) is 0 Å². The predicted octanol–water partition coefficient (Wildman–Crippen LogP) is 1.17. The maximum atomic E-state index is 5.82. The summed E-state index contributed by atoms with van der Waals surface area (Å²) in [5.74, 6) is 1.26. The van der Waals surface area contributed by atoms with Gasteiger partial charge in [0.15, 0.2) is 0 Å². The van der Waals surface area contributed by atoms with E-state index in [0.717, 1.165) is 6.54 Å². The van der Waals surface area contributed by atoms with Crippen molar-refractivity contribution >= 4 is 17.5 Å². The van der Waals surface area contributed by atoms with Crippen molar-refractivity contribution in [3.8, 4) is 5.95 Å². The van der Waals surface area contributed by atoms with E-state index in [2.05, 4.69) is 44.2 Å². The highest BCUT2D eigenvalue weighted by Gasteiger charge is 2.07. The van der Waals surface area contributed by atoms with Gasteiger partial charge in [0.25, 0.3) is 5.95 Å². The molecule has 8 heteroatoms. The van der Waals surface area contributed by atoms with Crippen molar-refractivity contribution in [1.82, 2.24) is 29.7 Å². The highest BCUT2D eigenvalue weighted by atomic mass is 35.5. The molecule has 1 N–H and O–H groups in total. The molecule has 0 spiro atoms. The molecule has 0 radical (unpaired) electrons. The summed E-state index contributed by atoms with van der Waals surface area (Å²) in [6, 6.07) is 0. The van der Waals surface area contributed by atoms with Crippen molar-refractivity contribution in [3.63, 3.8) is 0 Å². The van der Waals surface area contributed by atoms with Crippen LogP contribution in [0.3, 0.4) is 0 Å². The van der Waals surface area contributed by atoms with Crippen molar-refractivity contribution in [3.05, 3.63) is 17.9 Å². The first-order valence-electron chi connectivity index (χ1n) is 5.15. The predicted molar refractivity (Wildman–Crippen MR) is 63.1 cm³/mol. The fourth-order valence-corrected chi connectivity index (χ4v) is 1.28. The second kappa shape index (κ2) is 5.05. The van der Waals surface area contributed by atoms with E-state index < -0.39 is 0 Å². The summed E-state index contributed by atoms with van der Waals surface area (Å²) in [6.07, 6.45) is 2.90. The van der Waals surface area contributed by atoms with Crippen LogP contribution in [0.4, 0.5) is 5.95 Å². The Bertz CT molecular complexity index is 482. The molecule has 2 heterocycles. The Balaban J connectivity index is 2.24. The molecule has 2 rings (SSSR count). The first-order chi connectivity index (χ1) is 8.15. The van der Waals surface area contributed by atoms with Gasteiger partial charge in [0.05, 0.1) is 0 Å². The minimum atomic E-state index is 0.122. The molecule has 2 aromatic heterocycles. The molecule has 0 aliphatic heterocycles. The third kappa shape index (κ3) is 3.10. The van der Waals surface area contributed by atoms with Gasteiger partial charge in [-0.25, -0.2) is 4.98 Å². The average Bonchev–Trinajstić information content (AvgIpc) is 2.79. The maximum absolute atomic E-state index is 5.82. The van der Waals surface area contributed by atoms with Gasteiger partial charge in [-0.15, -0.1) is 0 Å². The molecule has 0 atom stereocenters. The number of nitrogens with one attached hydrogen (secondary N) is 1. The highest BCUT2D eigenvalue weighted by Crippen LogP contribution is 2.08. The lowest BCUT2D eigenvalue weighted by Crippen LogP contribution is -2.13. The van der Waals surface area contributed by atoms with Gasteiger partial charge in [0.2, 0.25) is 11.2 Å². The number of hydrogen-bond acceptors (Lipinski definition) is 6. The average molecular weight is 254 g/mol. The summed E-state index contributed by atoms with van der Waals surface area (Å²) in [7, 11) is 0. The quantitative estimate of drug-likeness (QED) is 0.881. The smallest absolute Gasteiger partial charge is 0.258 e. The van der Waals surface area contributed by atoms with E-state index in [1.807, 2.05) is 0 Å². The largest absolute Gasteiger partial charge is 0.354 e. The molecule has 0 amide bonds. The first kappa shape index (κ1) is 11.7. The summed E-state index contributed by atoms with van der Waals surface area (Å²) in [4.78, 5) is 16.0. The molecule has 0 aliphatic rings. The van der Waals surface area contributed by atoms with Crippen LogP contribution in [0.1, 0.15) is 13.8 Å². The van der Waals surface area contributed by atoms with Crippen LogP contribution in [-0.4, -0.2) is 36.3 Å². The van der Waals surface area contributed by atoms with Crippen LogP contribution < -0.4 is 5.32 Å². The van der Waals surface area contributed by atoms with Crippen LogP contribution in [0, 0.1) is 5.92 Å². The van der Waals surface area contributed by atoms with E-state index in [9.17, 15) is 0 Å². The Morgan fingerprint density at radius 1 is 1.35 bits per heavy atom. The number of hydrogen-bond donors (Lipinski definition) is 1. The van der Waals surface area contributed by atoms with Crippen LogP contribution in [0.15, 0.2) is 12.7 Å². The van der Waals surface area contributed by atoms with Crippen molar-refractivity contribution in [1.29, 1.82) is 0 Å². The second-order valence-electron chi connectivity index (χ2n) is 3.84. The molecule has 17 heavy (non-hydrogen) atoms. The van der Waals surface area contributed by atoms with Crippen molar-refractivity contribution in [2.45, 2.75) is 13.8 Å². The Morgan fingerprint density at radius 2 is 2.18 bits per heavy atom. The van der Waals surface area contributed by atoms with E-state index in [-0.39, 0.29) is 5.28 Å². The van der Waals surface area contributed by atoms with E-state index in [0.29, 0.717) is 17.8 Å². The molecular weight excluding hydrogens is 242 g/mol. The summed E-state index contributed by atoms with van der Waals surface area (Å²) in [5, 5.41) is 7.13. The van der Waals surface area contributed by atoms with Crippen LogP contribution in [0.25, 0.3) is 5.95 Å². The molecule has 2 aromatic rings. The molecule has 7 nitrogen and oxygen atoms in total. The Morgan fingerprint density at radius 3 is 2.82 bits per heavy atom. The van der Waals surface area contributed by atoms with Gasteiger partial charge in [-0.05, 0) is 17.5 Å². The third-order valence-corrected chi connectivity index (χ3v) is 2.06. The topological polar surface area (TPSA) is 81.4 Å². The zero-order valence-corrected chi connectivity index (χ0v) is 10.3. The van der Waals surface area contributed by atoms with E-state index in [1.165, 1.54) is 17.3 Å². The van der Waals surface area contributed by atoms with Crippen molar-refractivity contribution in [2.75, 3.05) is 11.9 Å². The van der Waals surface area contributed by atoms with Crippen molar-refractivity contribution in [2.24, 2.45) is 5.92 Å². The van der Waals surface area contributed by atoms with Gasteiger partial charge in [0, 0.05) is 6.54 Å². The van der Waals surface area contributed by atoms with Crippen LogP contribution in [0.2, 0.25) is 5.28 Å². The molecular formula is C9H12ClN7. The molecule has 0 aliphatic carbocycles. The molecule has 0 fully saturated rings. The first-order valence-corrected chi connectivity index (χ1v) is 5.53. The molecule has 0 bridgehead atoms. The van der Waals surface area contributed by atoms with Gasteiger partial charge in [-0.1, -0.05) is 13.8 Å². The van der Waals surface area contributed by atoms with E-state index >= 15 is 0 Å². The number of rotatable bonds is 4. The van der Waals surface area contributed by atoms with Gasteiger partial charge in [-0.2, -0.15) is 24.7 Å². The molecule has 90 valence electrons. The van der Waals surface area contributed by atoms with Gasteiger partial charge in [0.1, 0.15) is 12.7 Å². The normalized spacial score (nSPS) is 10.8. The van der Waals surface area contributed by atoms with Crippen LogP contribution in [-0.2, 0) is 0 Å². The van der Waals surface area contributed by atoms with Crippen LogP contribution >= 0.6 is 11.6 Å². The summed E-state index contributed by atoms with van der Waals surface area (Å²) < 4.78 is 1.42. The second-order valence-corrected chi connectivity index (χ2v) is 4.18. The van der Waals surface area contributed by atoms with Gasteiger partial charge >= 0.3 is 0 Å². The Hall–Kier alpha value is -1.76. The summed E-state index contributed by atoms with van der Waals surface area (Å²) in [6.45, 7) is 4.94. The number of nitrogens with zero attached hydrogens (tertiary/aromatic N) is 6. The van der Waals surface area contributed by atoms with E-state index in [4.69, 9.17) is 11.6 Å². The van der Waals surface area contributed by atoms with E-state index in [1.54, 1.807) is 0 Å². The van der Waals surface area contributed by atoms with Crippen molar-refractivity contribution < 1.29 is 0 Å². The number of anilines is 1. The Labute approximate surface area is 103 Å². The summed E-state index contributed by atoms with van der Waals surface area (Å²) >= 11 is 5.82. The standard InChI is InChI=1S/C9H12ClN7/c1-6(2)3-12-8-14-7(10)15-9(16-8)17-5-11-4-13-17/h4-6H,3H2,1-2H3,(H,12,14,15,16). The zero-order chi connectivity index (χ0) is 12.3. The fourth-order valence-electron chi connectivity index (χ4n) is 1.13. The Kier molecular flexibility index (Phi) is 3.48. The molecule has 0 aromatic carbocycles. The molecule has 0 saturated carbocycles. The third-order valence-electron chi connectivity index (χ3n) is 1.89. The minimum absolute atomic E-state index is 0.122. The van der Waals surface area contributed by atoms with Gasteiger partial charge < -0.3 is 5.32 Å². The summed E-state index contributed by atoms with van der Waals surface area (Å²) in [5.41, 5.74) is 0. The lowest BCUT2D eigenvalue weighted by molar-refractivity contribution is 0.682. The molecule has 0 unspecified atom stereocenters. The highest BCUT2D eigenvalue weighted by molar-refractivity contribution is 6.28. The van der Waals surface area contributed by atoms with Crippen LogP contribution in [0.5, 0.6) is 0 Å². The fraction of sp³-hybridized carbons (Fsp3) is 0.444.